The van der Waals surface area contributed by atoms with Crippen molar-refractivity contribution in [2.24, 2.45) is 0 Å². The summed E-state index contributed by atoms with van der Waals surface area (Å²) in [4.78, 5) is 11.4. The Kier molecular flexibility index (Phi) is 6.15. The Morgan fingerprint density at radius 2 is 2.03 bits per heavy atom. The van der Waals surface area contributed by atoms with Crippen LogP contribution in [0.5, 0.6) is 0 Å². The number of rotatable bonds is 8. The van der Waals surface area contributed by atoms with Crippen molar-refractivity contribution in [1.82, 2.24) is 29.4 Å². The molecular weight excluding hydrogens is 424 g/mol. The highest BCUT2D eigenvalue weighted by molar-refractivity contribution is 5.73. The van der Waals surface area contributed by atoms with Gasteiger partial charge >= 0.3 is 0 Å². The second-order valence-electron chi connectivity index (χ2n) is 7.81. The quantitative estimate of drug-likeness (QED) is 0.413. The molecule has 1 saturated heterocycles. The molecule has 33 heavy (non-hydrogen) atoms. The average molecular weight is 451 g/mol. The largest absolute Gasteiger partial charge is 0.389 e. The fourth-order valence-electron chi connectivity index (χ4n) is 3.83. The first-order valence-corrected chi connectivity index (χ1v) is 10.8. The molecule has 0 radical (unpaired) electrons. The zero-order valence-corrected chi connectivity index (χ0v) is 18.3. The maximum atomic E-state index is 9.94. The molecule has 1 aliphatic heterocycles. The first-order valence-electron chi connectivity index (χ1n) is 10.8. The van der Waals surface area contributed by atoms with E-state index in [9.17, 15) is 5.11 Å². The maximum Gasteiger partial charge on any atom is 0.247 e. The molecule has 1 aliphatic rings. The number of methoxy groups -OCH3 is 1. The monoisotopic (exact) mass is 450 g/mol. The number of aromatic nitrogens is 6. The van der Waals surface area contributed by atoms with E-state index in [0.29, 0.717) is 23.8 Å². The van der Waals surface area contributed by atoms with Crippen LogP contribution in [-0.2, 0) is 16.0 Å². The van der Waals surface area contributed by atoms with E-state index in [2.05, 4.69) is 42.5 Å². The van der Waals surface area contributed by atoms with E-state index in [4.69, 9.17) is 9.47 Å². The first kappa shape index (κ1) is 21.3. The summed E-state index contributed by atoms with van der Waals surface area (Å²) in [6.07, 6.45) is 6.33. The number of ether oxygens (including phenoxy) is 2. The van der Waals surface area contributed by atoms with Gasteiger partial charge in [0.2, 0.25) is 5.95 Å². The molecule has 5 rings (SSSR count). The van der Waals surface area contributed by atoms with Crippen LogP contribution < -0.4 is 10.2 Å². The number of aliphatic hydroxyl groups is 1. The summed E-state index contributed by atoms with van der Waals surface area (Å²) >= 11 is 0. The van der Waals surface area contributed by atoms with Crippen LogP contribution in [-0.4, -0.2) is 80.6 Å². The van der Waals surface area contributed by atoms with Crippen molar-refractivity contribution in [1.29, 1.82) is 0 Å². The van der Waals surface area contributed by atoms with Crippen LogP contribution in [0.1, 0.15) is 0 Å². The summed E-state index contributed by atoms with van der Waals surface area (Å²) in [5, 5.41) is 22.1. The highest BCUT2D eigenvalue weighted by Crippen LogP contribution is 2.24. The lowest BCUT2D eigenvalue weighted by atomic mass is 10.2. The lowest BCUT2D eigenvalue weighted by Crippen LogP contribution is -2.36. The normalized spacial score (nSPS) is 15.2. The zero-order chi connectivity index (χ0) is 22.6. The zero-order valence-electron chi connectivity index (χ0n) is 18.3. The minimum atomic E-state index is -0.634. The molecule has 3 aromatic heterocycles. The van der Waals surface area contributed by atoms with Crippen LogP contribution in [0.3, 0.4) is 0 Å². The number of nitrogens with one attached hydrogen (secondary N) is 1. The van der Waals surface area contributed by atoms with Gasteiger partial charge in [-0.3, -0.25) is 9.67 Å². The van der Waals surface area contributed by atoms with Gasteiger partial charge in [-0.25, -0.2) is 4.52 Å². The van der Waals surface area contributed by atoms with E-state index in [1.807, 2.05) is 18.3 Å². The third kappa shape index (κ3) is 4.80. The molecule has 11 nitrogen and oxygen atoms in total. The first-order chi connectivity index (χ1) is 16.2. The molecule has 4 heterocycles. The summed E-state index contributed by atoms with van der Waals surface area (Å²) in [6.45, 7) is 3.89. The molecule has 1 unspecified atom stereocenters. The molecule has 1 aromatic carbocycles. The van der Waals surface area contributed by atoms with Crippen LogP contribution in [0.2, 0.25) is 0 Å². The van der Waals surface area contributed by atoms with E-state index in [-0.39, 0.29) is 6.61 Å². The molecular formula is C22H26N8O3. The van der Waals surface area contributed by atoms with Crippen molar-refractivity contribution >= 4 is 23.0 Å². The van der Waals surface area contributed by atoms with Gasteiger partial charge in [-0.15, -0.1) is 5.10 Å². The molecule has 11 heteroatoms. The van der Waals surface area contributed by atoms with Crippen LogP contribution in [0.25, 0.3) is 16.9 Å². The predicted octanol–water partition coefficient (Wildman–Crippen LogP) is 1.58. The molecule has 0 saturated carbocycles. The van der Waals surface area contributed by atoms with Gasteiger partial charge in [-0.2, -0.15) is 10.1 Å². The highest BCUT2D eigenvalue weighted by atomic mass is 16.5. The molecule has 0 bridgehead atoms. The SMILES string of the molecule is COCC(O)Cn1cc(-c2nccn3nc(Nc4ccc(N5CCOCC5)cc4)nc23)cn1. The van der Waals surface area contributed by atoms with Crippen molar-refractivity contribution in [2.45, 2.75) is 12.6 Å². The third-order valence-electron chi connectivity index (χ3n) is 5.42. The van der Waals surface area contributed by atoms with Gasteiger partial charge in [0.25, 0.3) is 0 Å². The standard InChI is InChI=1S/C22H26N8O3/c1-32-15-19(31)14-29-13-16(12-24-29)20-21-26-22(27-30(21)7-6-23-20)25-17-2-4-18(5-3-17)28-8-10-33-11-9-28/h2-7,12-13,19,31H,8-11,14-15H2,1H3,(H,25,27). The Morgan fingerprint density at radius 3 is 2.82 bits per heavy atom. The van der Waals surface area contributed by atoms with Crippen LogP contribution in [0.4, 0.5) is 17.3 Å². The van der Waals surface area contributed by atoms with Crippen molar-refractivity contribution in [3.05, 3.63) is 49.1 Å². The molecule has 172 valence electrons. The topological polar surface area (TPSA) is 115 Å². The smallest absolute Gasteiger partial charge is 0.247 e. The van der Waals surface area contributed by atoms with Gasteiger partial charge in [-0.1, -0.05) is 0 Å². The molecule has 0 amide bonds. The Hall–Kier alpha value is -3.54. The lowest BCUT2D eigenvalue weighted by molar-refractivity contribution is 0.0514. The molecule has 0 aliphatic carbocycles. The molecule has 1 fully saturated rings. The van der Waals surface area contributed by atoms with Gasteiger partial charge < -0.3 is 24.8 Å². The number of morpholine rings is 1. The molecule has 2 N–H and O–H groups in total. The summed E-state index contributed by atoms with van der Waals surface area (Å²) < 4.78 is 13.7. The average Bonchev–Trinajstić information content (AvgIpc) is 3.46. The summed E-state index contributed by atoms with van der Waals surface area (Å²) in [5.41, 5.74) is 4.14. The van der Waals surface area contributed by atoms with Gasteiger partial charge in [0.15, 0.2) is 5.65 Å². The summed E-state index contributed by atoms with van der Waals surface area (Å²) in [7, 11) is 1.55. The van der Waals surface area contributed by atoms with E-state index in [1.165, 1.54) is 5.69 Å². The maximum absolute atomic E-state index is 9.94. The van der Waals surface area contributed by atoms with Crippen LogP contribution in [0, 0.1) is 0 Å². The Balaban J connectivity index is 1.33. The number of nitrogens with zero attached hydrogens (tertiary/aromatic N) is 7. The van der Waals surface area contributed by atoms with Crippen LogP contribution in [0.15, 0.2) is 49.1 Å². The van der Waals surface area contributed by atoms with Gasteiger partial charge in [-0.05, 0) is 24.3 Å². The minimum Gasteiger partial charge on any atom is -0.389 e. The van der Waals surface area contributed by atoms with Crippen molar-refractivity contribution in [3.8, 4) is 11.3 Å². The predicted molar refractivity (Wildman–Crippen MR) is 123 cm³/mol. The fraction of sp³-hybridized carbons (Fsp3) is 0.364. The van der Waals surface area contributed by atoms with E-state index in [1.54, 1.807) is 34.9 Å². The lowest BCUT2D eigenvalue weighted by Gasteiger charge is -2.28. The Labute approximate surface area is 190 Å². The number of benzene rings is 1. The van der Waals surface area contributed by atoms with Crippen molar-refractivity contribution in [2.75, 3.05) is 50.2 Å². The second kappa shape index (κ2) is 9.53. The van der Waals surface area contributed by atoms with Crippen molar-refractivity contribution < 1.29 is 14.6 Å². The summed E-state index contributed by atoms with van der Waals surface area (Å²) in [6, 6.07) is 8.21. The number of fused-ring (bicyclic) bond motifs is 1. The molecule has 1 atom stereocenters. The number of aliphatic hydroxyl groups excluding tert-OH is 1. The number of anilines is 3. The van der Waals surface area contributed by atoms with Gasteiger partial charge in [0, 0.05) is 55.7 Å². The Bertz CT molecular complexity index is 1200. The van der Waals surface area contributed by atoms with Gasteiger partial charge in [0.05, 0.1) is 38.7 Å². The number of hydrogen-bond acceptors (Lipinski definition) is 9. The Morgan fingerprint density at radius 1 is 1.21 bits per heavy atom. The molecule has 0 spiro atoms. The molecule has 4 aromatic rings. The second-order valence-corrected chi connectivity index (χ2v) is 7.81. The van der Waals surface area contributed by atoms with E-state index >= 15 is 0 Å². The van der Waals surface area contributed by atoms with E-state index in [0.717, 1.165) is 37.6 Å². The number of hydrogen-bond donors (Lipinski definition) is 2. The fourth-order valence-corrected chi connectivity index (χ4v) is 3.83. The van der Waals surface area contributed by atoms with Gasteiger partial charge in [0.1, 0.15) is 5.69 Å². The van der Waals surface area contributed by atoms with Crippen molar-refractivity contribution in [3.63, 3.8) is 0 Å². The minimum absolute atomic E-state index is 0.246. The van der Waals surface area contributed by atoms with Crippen LogP contribution >= 0.6 is 0 Å². The summed E-state index contributed by atoms with van der Waals surface area (Å²) in [5.74, 6) is 0.478. The highest BCUT2D eigenvalue weighted by Gasteiger charge is 2.15. The van der Waals surface area contributed by atoms with E-state index < -0.39 is 6.10 Å². The third-order valence-corrected chi connectivity index (χ3v) is 5.42.